The highest BCUT2D eigenvalue weighted by Gasteiger charge is 2.20. The van der Waals surface area contributed by atoms with E-state index in [1.165, 1.54) is 11.3 Å². The molecular weight excluding hydrogens is 408 g/mol. The van der Waals surface area contributed by atoms with Crippen molar-refractivity contribution >= 4 is 44.1 Å². The Kier molecular flexibility index (Phi) is 6.57. The molecular formula is C17H19BrN2O4S. The number of hydrogen-bond donors (Lipinski definition) is 2. The molecule has 6 nitrogen and oxygen atoms in total. The number of primary amides is 1. The first-order valence-electron chi connectivity index (χ1n) is 7.47. The van der Waals surface area contributed by atoms with Crippen LogP contribution >= 0.6 is 27.3 Å². The van der Waals surface area contributed by atoms with Crippen LogP contribution in [0.1, 0.15) is 31.2 Å². The van der Waals surface area contributed by atoms with Crippen LogP contribution in [0.2, 0.25) is 0 Å². The fourth-order valence-electron chi connectivity index (χ4n) is 2.18. The van der Waals surface area contributed by atoms with Gasteiger partial charge in [0.15, 0.2) is 0 Å². The number of rotatable bonds is 7. The van der Waals surface area contributed by atoms with Gasteiger partial charge in [-0.25, -0.2) is 0 Å². The molecule has 134 valence electrons. The van der Waals surface area contributed by atoms with E-state index in [-0.39, 0.29) is 5.91 Å². The number of aryl methyl sites for hydroxylation is 1. The van der Waals surface area contributed by atoms with E-state index in [0.29, 0.717) is 39.6 Å². The minimum absolute atomic E-state index is 0.326. The maximum atomic E-state index is 12.5. The lowest BCUT2D eigenvalue weighted by Crippen LogP contribution is -2.17. The van der Waals surface area contributed by atoms with Crippen molar-refractivity contribution in [3.05, 3.63) is 44.2 Å². The van der Waals surface area contributed by atoms with Crippen LogP contribution in [0.25, 0.3) is 0 Å². The molecule has 0 aliphatic carbocycles. The van der Waals surface area contributed by atoms with Gasteiger partial charge >= 0.3 is 0 Å². The molecule has 0 saturated heterocycles. The molecule has 2 amide bonds. The predicted octanol–water partition coefficient (Wildman–Crippen LogP) is 3.50. The van der Waals surface area contributed by atoms with E-state index >= 15 is 0 Å². The quantitative estimate of drug-likeness (QED) is 0.662. The fourth-order valence-corrected chi connectivity index (χ4v) is 3.74. The summed E-state index contributed by atoms with van der Waals surface area (Å²) in [6.45, 7) is 4.58. The van der Waals surface area contributed by atoms with Crippen molar-refractivity contribution in [2.24, 2.45) is 5.73 Å². The third-order valence-corrected chi connectivity index (χ3v) is 5.34. The number of hydrogen-bond acceptors (Lipinski definition) is 5. The number of thiophene rings is 1. The Morgan fingerprint density at radius 3 is 2.60 bits per heavy atom. The molecule has 8 heteroatoms. The fraction of sp³-hybridized carbons (Fsp3) is 0.294. The van der Waals surface area contributed by atoms with Crippen molar-refractivity contribution in [3.8, 4) is 5.75 Å². The number of benzene rings is 1. The topological polar surface area (TPSA) is 90.7 Å². The molecule has 0 aliphatic rings. The van der Waals surface area contributed by atoms with Gasteiger partial charge in [0.05, 0.1) is 16.6 Å². The molecule has 2 rings (SSSR count). The molecule has 0 atom stereocenters. The molecule has 0 radical (unpaired) electrons. The van der Waals surface area contributed by atoms with Crippen LogP contribution in [0.4, 0.5) is 5.00 Å². The zero-order valence-electron chi connectivity index (χ0n) is 14.1. The smallest absolute Gasteiger partial charge is 0.256 e. The first-order valence-corrected chi connectivity index (χ1v) is 9.08. The lowest BCUT2D eigenvalue weighted by molar-refractivity contribution is 0.100. The molecule has 0 fully saturated rings. The van der Waals surface area contributed by atoms with E-state index in [2.05, 4.69) is 21.2 Å². The first-order chi connectivity index (χ1) is 11.8. The summed E-state index contributed by atoms with van der Waals surface area (Å²) in [7, 11) is 1.60. The predicted molar refractivity (Wildman–Crippen MR) is 102 cm³/mol. The zero-order valence-corrected chi connectivity index (χ0v) is 16.5. The number of nitrogens with two attached hydrogens (primary N) is 1. The van der Waals surface area contributed by atoms with Crippen molar-refractivity contribution in [1.29, 1.82) is 0 Å². The summed E-state index contributed by atoms with van der Waals surface area (Å²) in [6, 6.07) is 5.02. The normalized spacial score (nSPS) is 10.6. The highest BCUT2D eigenvalue weighted by atomic mass is 79.9. The summed E-state index contributed by atoms with van der Waals surface area (Å²) < 4.78 is 11.1. The second-order valence-corrected chi connectivity index (χ2v) is 7.37. The van der Waals surface area contributed by atoms with Crippen LogP contribution < -0.4 is 15.8 Å². The van der Waals surface area contributed by atoms with E-state index < -0.39 is 5.91 Å². The number of nitrogens with one attached hydrogen (secondary N) is 1. The summed E-state index contributed by atoms with van der Waals surface area (Å²) in [4.78, 5) is 25.1. The minimum atomic E-state index is -0.555. The maximum Gasteiger partial charge on any atom is 0.256 e. The molecule has 1 heterocycles. The lowest BCUT2D eigenvalue weighted by Gasteiger charge is -2.10. The van der Waals surface area contributed by atoms with Gasteiger partial charge in [0.25, 0.3) is 11.8 Å². The summed E-state index contributed by atoms with van der Waals surface area (Å²) in [5.41, 5.74) is 7.01. The highest BCUT2D eigenvalue weighted by molar-refractivity contribution is 9.10. The van der Waals surface area contributed by atoms with Crippen molar-refractivity contribution < 1.29 is 19.1 Å². The summed E-state index contributed by atoms with van der Waals surface area (Å²) in [5.74, 6) is -0.262. The van der Waals surface area contributed by atoms with E-state index in [0.717, 1.165) is 10.4 Å². The molecule has 0 spiro atoms. The number of halogens is 1. The number of anilines is 1. The maximum absolute atomic E-state index is 12.5. The van der Waals surface area contributed by atoms with Crippen LogP contribution in [-0.4, -0.2) is 32.1 Å². The zero-order chi connectivity index (χ0) is 18.6. The van der Waals surface area contributed by atoms with Crippen LogP contribution in [0, 0.1) is 13.8 Å². The van der Waals surface area contributed by atoms with Gasteiger partial charge in [-0.15, -0.1) is 11.3 Å². The van der Waals surface area contributed by atoms with E-state index in [9.17, 15) is 9.59 Å². The molecule has 2 aromatic rings. The Bertz CT molecular complexity index is 804. The third kappa shape index (κ3) is 4.59. The summed E-state index contributed by atoms with van der Waals surface area (Å²) in [6.07, 6.45) is 0. The van der Waals surface area contributed by atoms with Crippen LogP contribution in [0.15, 0.2) is 22.7 Å². The van der Waals surface area contributed by atoms with Gasteiger partial charge in [-0.3, -0.25) is 9.59 Å². The van der Waals surface area contributed by atoms with Gasteiger partial charge in [0.2, 0.25) is 0 Å². The van der Waals surface area contributed by atoms with Crippen LogP contribution in [0.5, 0.6) is 5.75 Å². The van der Waals surface area contributed by atoms with Gasteiger partial charge in [0, 0.05) is 17.6 Å². The van der Waals surface area contributed by atoms with Crippen molar-refractivity contribution in [1.82, 2.24) is 0 Å². The van der Waals surface area contributed by atoms with Crippen LogP contribution in [0.3, 0.4) is 0 Å². The number of methoxy groups -OCH3 is 1. The number of ether oxygens (including phenoxy) is 2. The van der Waals surface area contributed by atoms with Gasteiger partial charge in [-0.1, -0.05) is 0 Å². The molecule has 0 bridgehead atoms. The number of carbonyl (C=O) groups is 2. The van der Waals surface area contributed by atoms with Gasteiger partial charge in [-0.05, 0) is 53.5 Å². The van der Waals surface area contributed by atoms with E-state index in [1.54, 1.807) is 25.3 Å². The minimum Gasteiger partial charge on any atom is -0.490 e. The Labute approximate surface area is 158 Å². The Morgan fingerprint density at radius 2 is 2.00 bits per heavy atom. The largest absolute Gasteiger partial charge is 0.490 e. The average Bonchev–Trinajstić information content (AvgIpc) is 2.83. The summed E-state index contributed by atoms with van der Waals surface area (Å²) in [5, 5.41) is 3.23. The second kappa shape index (κ2) is 8.46. The second-order valence-electron chi connectivity index (χ2n) is 5.29. The average molecular weight is 427 g/mol. The number of amides is 2. The van der Waals surface area contributed by atoms with E-state index in [4.69, 9.17) is 15.2 Å². The molecule has 1 aromatic heterocycles. The Balaban J connectivity index is 2.18. The molecule has 3 N–H and O–H groups in total. The summed E-state index contributed by atoms with van der Waals surface area (Å²) >= 11 is 4.72. The van der Waals surface area contributed by atoms with Gasteiger partial charge < -0.3 is 20.5 Å². The van der Waals surface area contributed by atoms with Crippen molar-refractivity contribution in [2.45, 2.75) is 13.8 Å². The SMILES string of the molecule is COCCOc1ccc(C(=O)Nc2sc(C)c(C)c2C(N)=O)cc1Br. The molecule has 0 saturated carbocycles. The van der Waals surface area contributed by atoms with Gasteiger partial charge in [0.1, 0.15) is 17.4 Å². The van der Waals surface area contributed by atoms with Crippen molar-refractivity contribution in [2.75, 3.05) is 25.6 Å². The van der Waals surface area contributed by atoms with Crippen molar-refractivity contribution in [3.63, 3.8) is 0 Å². The molecule has 25 heavy (non-hydrogen) atoms. The molecule has 0 unspecified atom stereocenters. The van der Waals surface area contributed by atoms with Crippen LogP contribution in [-0.2, 0) is 4.74 Å². The third-order valence-electron chi connectivity index (χ3n) is 3.60. The standard InChI is InChI=1S/C17H19BrN2O4S/c1-9-10(2)25-17(14(9)15(19)21)20-16(22)11-4-5-13(12(18)8-11)24-7-6-23-3/h4-5,8H,6-7H2,1-3H3,(H2,19,21)(H,20,22). The first kappa shape index (κ1) is 19.4. The highest BCUT2D eigenvalue weighted by Crippen LogP contribution is 2.33. The number of carbonyl (C=O) groups excluding carboxylic acids is 2. The monoisotopic (exact) mass is 426 g/mol. The lowest BCUT2D eigenvalue weighted by atomic mass is 10.1. The van der Waals surface area contributed by atoms with Gasteiger partial charge in [-0.2, -0.15) is 0 Å². The molecule has 0 aliphatic heterocycles. The molecule has 1 aromatic carbocycles. The van der Waals surface area contributed by atoms with E-state index in [1.807, 2.05) is 13.8 Å². The Hall–Kier alpha value is -1.90. The Morgan fingerprint density at radius 1 is 1.28 bits per heavy atom.